The van der Waals surface area contributed by atoms with Crippen LogP contribution in [0.25, 0.3) is 0 Å². The number of amides is 1. The minimum absolute atomic E-state index is 0.0512. The fourth-order valence-corrected chi connectivity index (χ4v) is 9.63. The summed E-state index contributed by atoms with van der Waals surface area (Å²) in [6, 6.07) is 7.85. The summed E-state index contributed by atoms with van der Waals surface area (Å²) in [7, 11) is -0.877. The van der Waals surface area contributed by atoms with Crippen molar-refractivity contribution in [2.24, 2.45) is 0 Å². The number of hydrogen-bond acceptors (Lipinski definition) is 5. The Morgan fingerprint density at radius 3 is 2.50 bits per heavy atom. The average Bonchev–Trinajstić information content (AvgIpc) is 3.55. The molecule has 3 heterocycles. The number of rotatable bonds is 6. The Labute approximate surface area is 203 Å². The second-order valence-corrected chi connectivity index (χ2v) is 12.7. The molecule has 1 aliphatic carbocycles. The summed E-state index contributed by atoms with van der Waals surface area (Å²) in [5.41, 5.74) is 0.170. The van der Waals surface area contributed by atoms with Gasteiger partial charge in [-0.05, 0) is 44.7 Å². The molecule has 188 valence electrons. The number of nitrogens with zero attached hydrogens (tertiary/aromatic N) is 2. The van der Waals surface area contributed by atoms with Gasteiger partial charge in [0.15, 0.2) is 5.60 Å². The van der Waals surface area contributed by atoms with Crippen molar-refractivity contribution in [3.8, 4) is 0 Å². The van der Waals surface area contributed by atoms with Crippen LogP contribution in [0.3, 0.4) is 0 Å². The molecule has 5 rings (SSSR count). The number of hydrogen-bond donors (Lipinski definition) is 0. The zero-order valence-electron chi connectivity index (χ0n) is 20.9. The van der Waals surface area contributed by atoms with E-state index in [-0.39, 0.29) is 23.8 Å². The quantitative estimate of drug-likeness (QED) is 0.568. The third-order valence-corrected chi connectivity index (χ3v) is 11.6. The second-order valence-electron chi connectivity index (χ2n) is 10.3. The SMILES string of the molecule is CCC[C@@H]1COC[C@H]2N1S(=O)(c1ccc(C)cc1)=C1CC12OC(=O)N1CCC(CC)(OC)CC1. The fraction of sp³-hybridized carbons (Fsp3) is 0.692. The molecule has 0 spiro atoms. The normalized spacial score (nSPS) is 34.5. The molecule has 3 fully saturated rings. The minimum Gasteiger partial charge on any atom is -0.435 e. The van der Waals surface area contributed by atoms with Crippen LogP contribution in [0.4, 0.5) is 4.79 Å². The minimum atomic E-state index is -2.63. The van der Waals surface area contributed by atoms with Crippen molar-refractivity contribution < 1.29 is 23.2 Å². The highest BCUT2D eigenvalue weighted by molar-refractivity contribution is 8.01. The van der Waals surface area contributed by atoms with Gasteiger partial charge in [-0.3, -0.25) is 0 Å². The first kappa shape index (κ1) is 24.1. The summed E-state index contributed by atoms with van der Waals surface area (Å²) < 4.78 is 35.1. The van der Waals surface area contributed by atoms with Gasteiger partial charge in [0.2, 0.25) is 0 Å². The fourth-order valence-electron chi connectivity index (χ4n) is 6.11. The summed E-state index contributed by atoms with van der Waals surface area (Å²) in [4.78, 5) is 16.8. The molecule has 7 nitrogen and oxygen atoms in total. The lowest BCUT2D eigenvalue weighted by Gasteiger charge is -2.43. The topological polar surface area (TPSA) is 68.3 Å². The Morgan fingerprint density at radius 1 is 1.18 bits per heavy atom. The standard InChI is InChI=1S/C26H38N2O5S/c1-5-7-20-17-32-18-22-26(33-24(29)27-14-12-25(6-2,31-4)13-15-27)16-23(26)34(30,28(20)22)21-10-8-19(3)9-11-21/h8-11,20,22H,5-7,12-18H2,1-4H3/t20-,22-,26?,34?/m1/s1. The van der Waals surface area contributed by atoms with Crippen molar-refractivity contribution in [3.05, 3.63) is 29.8 Å². The predicted molar refractivity (Wildman–Crippen MR) is 132 cm³/mol. The average molecular weight is 491 g/mol. The van der Waals surface area contributed by atoms with E-state index in [1.165, 1.54) is 0 Å². The van der Waals surface area contributed by atoms with E-state index in [0.29, 0.717) is 32.7 Å². The zero-order chi connectivity index (χ0) is 24.1. The van der Waals surface area contributed by atoms with Gasteiger partial charge in [-0.1, -0.05) is 38.0 Å². The Hall–Kier alpha value is -1.61. The molecule has 0 N–H and O–H groups in total. The van der Waals surface area contributed by atoms with Crippen LogP contribution in [0.2, 0.25) is 0 Å². The predicted octanol–water partition coefficient (Wildman–Crippen LogP) is 3.78. The number of benzene rings is 1. The van der Waals surface area contributed by atoms with Crippen LogP contribution in [0, 0.1) is 6.92 Å². The van der Waals surface area contributed by atoms with Crippen molar-refractivity contribution in [1.29, 1.82) is 0 Å². The van der Waals surface area contributed by atoms with Crippen molar-refractivity contribution in [2.45, 2.75) is 87.5 Å². The summed E-state index contributed by atoms with van der Waals surface area (Å²) in [5.74, 6) is 0. The van der Waals surface area contributed by atoms with E-state index in [1.807, 2.05) is 31.2 Å². The highest BCUT2D eigenvalue weighted by Crippen LogP contribution is 2.54. The van der Waals surface area contributed by atoms with Crippen LogP contribution in [0.5, 0.6) is 0 Å². The van der Waals surface area contributed by atoms with Crippen LogP contribution in [0.1, 0.15) is 57.9 Å². The number of ether oxygens (including phenoxy) is 3. The van der Waals surface area contributed by atoms with Crippen molar-refractivity contribution in [3.63, 3.8) is 0 Å². The van der Waals surface area contributed by atoms with E-state index in [1.54, 1.807) is 12.0 Å². The Morgan fingerprint density at radius 2 is 1.88 bits per heavy atom. The van der Waals surface area contributed by atoms with Gasteiger partial charge in [0.05, 0.1) is 39.4 Å². The Balaban J connectivity index is 1.45. The van der Waals surface area contributed by atoms with Crippen molar-refractivity contribution in [1.82, 2.24) is 9.21 Å². The number of fused-ring (bicyclic) bond motifs is 3. The number of carbonyl (C=O) groups excluding carboxylic acids is 1. The molecular formula is C26H38N2O5S. The van der Waals surface area contributed by atoms with Gasteiger partial charge in [0.25, 0.3) is 0 Å². The highest BCUT2D eigenvalue weighted by atomic mass is 32.2. The number of aryl methyl sites for hydroxylation is 1. The van der Waals surface area contributed by atoms with Crippen LogP contribution in [-0.2, 0) is 23.9 Å². The maximum Gasteiger partial charge on any atom is 0.410 e. The van der Waals surface area contributed by atoms with E-state index < -0.39 is 15.3 Å². The Bertz CT molecular complexity index is 1050. The molecule has 4 aliphatic rings. The van der Waals surface area contributed by atoms with E-state index in [4.69, 9.17) is 14.2 Å². The van der Waals surface area contributed by atoms with E-state index in [0.717, 1.165) is 47.4 Å². The lowest BCUT2D eigenvalue weighted by atomic mass is 9.89. The van der Waals surface area contributed by atoms with E-state index in [9.17, 15) is 9.00 Å². The third-order valence-electron chi connectivity index (χ3n) is 8.43. The number of carbonyl (C=O) groups is 1. The number of likely N-dealkylation sites (tertiary alicyclic amines) is 1. The summed E-state index contributed by atoms with van der Waals surface area (Å²) in [5, 5.41) is 0. The molecular weight excluding hydrogens is 452 g/mol. The molecule has 2 unspecified atom stereocenters. The van der Waals surface area contributed by atoms with Crippen molar-refractivity contribution in [2.75, 3.05) is 33.4 Å². The summed E-state index contributed by atoms with van der Waals surface area (Å²) in [6.45, 7) is 8.53. The van der Waals surface area contributed by atoms with Gasteiger partial charge < -0.3 is 19.1 Å². The molecule has 1 amide bonds. The molecule has 4 atom stereocenters. The van der Waals surface area contributed by atoms with Gasteiger partial charge in [-0.15, -0.1) is 0 Å². The molecule has 1 aromatic carbocycles. The first-order valence-electron chi connectivity index (χ1n) is 12.7. The third kappa shape index (κ3) is 3.60. The molecule has 0 aromatic heterocycles. The molecule has 0 bridgehead atoms. The molecule has 1 saturated carbocycles. The molecule has 2 saturated heterocycles. The van der Waals surface area contributed by atoms with Crippen LogP contribution >= 0.6 is 0 Å². The first-order valence-corrected chi connectivity index (χ1v) is 14.2. The smallest absolute Gasteiger partial charge is 0.410 e. The van der Waals surface area contributed by atoms with Crippen LogP contribution < -0.4 is 0 Å². The largest absolute Gasteiger partial charge is 0.435 e. The maximum absolute atomic E-state index is 14.9. The van der Waals surface area contributed by atoms with E-state index in [2.05, 4.69) is 18.2 Å². The van der Waals surface area contributed by atoms with Gasteiger partial charge in [-0.2, -0.15) is 0 Å². The number of methoxy groups -OCH3 is 1. The van der Waals surface area contributed by atoms with Crippen molar-refractivity contribution >= 4 is 20.7 Å². The molecule has 8 heteroatoms. The molecule has 1 aromatic rings. The second kappa shape index (κ2) is 8.80. The first-order chi connectivity index (χ1) is 16.3. The van der Waals surface area contributed by atoms with Crippen LogP contribution in [0.15, 0.2) is 29.2 Å². The van der Waals surface area contributed by atoms with Gasteiger partial charge in [0, 0.05) is 37.6 Å². The maximum atomic E-state index is 14.9. The van der Waals surface area contributed by atoms with Gasteiger partial charge >= 0.3 is 6.09 Å². The zero-order valence-corrected chi connectivity index (χ0v) is 21.7. The molecule has 0 radical (unpaired) electrons. The van der Waals surface area contributed by atoms with Gasteiger partial charge in [0.1, 0.15) is 0 Å². The lowest BCUT2D eigenvalue weighted by Crippen LogP contribution is -2.58. The number of morpholine rings is 1. The summed E-state index contributed by atoms with van der Waals surface area (Å²) >= 11 is 0. The monoisotopic (exact) mass is 490 g/mol. The molecule has 3 aliphatic heterocycles. The number of piperidine rings is 1. The molecule has 34 heavy (non-hydrogen) atoms. The summed E-state index contributed by atoms with van der Waals surface area (Å²) in [6.07, 6.45) is 4.67. The van der Waals surface area contributed by atoms with Crippen LogP contribution in [-0.4, -0.2) is 81.1 Å². The lowest BCUT2D eigenvalue weighted by molar-refractivity contribution is -0.0741. The Kier molecular flexibility index (Phi) is 6.24. The van der Waals surface area contributed by atoms with Gasteiger partial charge in [-0.25, -0.2) is 13.3 Å². The van der Waals surface area contributed by atoms with E-state index >= 15 is 0 Å². The highest BCUT2D eigenvalue weighted by Gasteiger charge is 2.72.